The van der Waals surface area contributed by atoms with E-state index in [0.29, 0.717) is 23.7 Å². The topological polar surface area (TPSA) is 77.2 Å². The molecule has 1 aromatic carbocycles. The van der Waals surface area contributed by atoms with Crippen LogP contribution in [0.5, 0.6) is 11.6 Å². The van der Waals surface area contributed by atoms with Gasteiger partial charge in [-0.1, -0.05) is 22.0 Å². The first-order chi connectivity index (χ1) is 10.4. The maximum Gasteiger partial charge on any atom is 0.253 e. The third-order valence-electron chi connectivity index (χ3n) is 2.98. The van der Waals surface area contributed by atoms with Gasteiger partial charge >= 0.3 is 0 Å². The van der Waals surface area contributed by atoms with Crippen LogP contribution in [-0.4, -0.2) is 23.0 Å². The normalized spacial score (nSPS) is 10.2. The Balaban J connectivity index is 0.00000264. The summed E-state index contributed by atoms with van der Waals surface area (Å²) >= 11 is 3.38. The molecule has 2 rings (SSSR count). The van der Waals surface area contributed by atoms with Crippen molar-refractivity contribution in [3.63, 3.8) is 0 Å². The number of carbonyl (C=O) groups excluding carboxylic acids is 1. The van der Waals surface area contributed by atoms with Crippen molar-refractivity contribution < 1.29 is 9.53 Å². The molecule has 1 heterocycles. The van der Waals surface area contributed by atoms with Gasteiger partial charge in [0.05, 0.1) is 5.56 Å². The van der Waals surface area contributed by atoms with Gasteiger partial charge in [-0.3, -0.25) is 4.79 Å². The molecule has 5 nitrogen and oxygen atoms in total. The van der Waals surface area contributed by atoms with Gasteiger partial charge in [-0.15, -0.1) is 24.8 Å². The summed E-state index contributed by atoms with van der Waals surface area (Å²) in [5, 5.41) is 2.85. The summed E-state index contributed by atoms with van der Waals surface area (Å²) in [6.07, 6.45) is 1.48. The predicted molar refractivity (Wildman–Crippen MR) is 104 cm³/mol. The van der Waals surface area contributed by atoms with Gasteiger partial charge in [0.1, 0.15) is 5.75 Å². The van der Waals surface area contributed by atoms with E-state index in [1.807, 2.05) is 38.1 Å². The quantitative estimate of drug-likeness (QED) is 0.743. The molecule has 24 heavy (non-hydrogen) atoms. The van der Waals surface area contributed by atoms with Crippen LogP contribution < -0.4 is 15.8 Å². The number of hydrogen-bond donors (Lipinski definition) is 2. The first kappa shape index (κ1) is 22.7. The average Bonchev–Trinajstić information content (AvgIpc) is 2.47. The van der Waals surface area contributed by atoms with Crippen molar-refractivity contribution in [3.8, 4) is 11.6 Å². The van der Waals surface area contributed by atoms with Crippen LogP contribution in [0.25, 0.3) is 0 Å². The Bertz CT molecular complexity index is 667. The average molecular weight is 437 g/mol. The Morgan fingerprint density at radius 1 is 1.29 bits per heavy atom. The van der Waals surface area contributed by atoms with Gasteiger partial charge in [-0.05, 0) is 38.1 Å². The van der Waals surface area contributed by atoms with Crippen molar-refractivity contribution in [2.75, 3.05) is 6.54 Å². The number of aromatic nitrogens is 1. The number of nitrogens with one attached hydrogen (secondary N) is 1. The number of halogens is 3. The van der Waals surface area contributed by atoms with Crippen molar-refractivity contribution in [3.05, 3.63) is 52.6 Å². The minimum atomic E-state index is -0.456. The lowest BCUT2D eigenvalue weighted by Gasteiger charge is -2.24. The summed E-state index contributed by atoms with van der Waals surface area (Å²) < 4.78 is 6.54. The largest absolute Gasteiger partial charge is 0.439 e. The van der Waals surface area contributed by atoms with E-state index in [4.69, 9.17) is 10.5 Å². The van der Waals surface area contributed by atoms with Gasteiger partial charge in [0, 0.05) is 28.8 Å². The molecule has 1 amide bonds. The fourth-order valence-electron chi connectivity index (χ4n) is 1.66. The first-order valence-electron chi connectivity index (χ1n) is 6.82. The van der Waals surface area contributed by atoms with Gasteiger partial charge in [-0.2, -0.15) is 0 Å². The summed E-state index contributed by atoms with van der Waals surface area (Å²) in [5.74, 6) is 0.882. The van der Waals surface area contributed by atoms with E-state index in [9.17, 15) is 4.79 Å². The van der Waals surface area contributed by atoms with Crippen LogP contribution in [0.2, 0.25) is 0 Å². The minimum Gasteiger partial charge on any atom is -0.439 e. The number of benzene rings is 1. The van der Waals surface area contributed by atoms with Crippen molar-refractivity contribution in [2.45, 2.75) is 19.4 Å². The van der Waals surface area contributed by atoms with Crippen molar-refractivity contribution >= 4 is 46.7 Å². The highest BCUT2D eigenvalue weighted by Crippen LogP contribution is 2.23. The summed E-state index contributed by atoms with van der Waals surface area (Å²) in [7, 11) is 0. The molecule has 0 bridgehead atoms. The second kappa shape index (κ2) is 9.84. The van der Waals surface area contributed by atoms with E-state index >= 15 is 0 Å². The van der Waals surface area contributed by atoms with Gasteiger partial charge in [-0.25, -0.2) is 4.98 Å². The van der Waals surface area contributed by atoms with Crippen molar-refractivity contribution in [2.24, 2.45) is 5.73 Å². The van der Waals surface area contributed by atoms with E-state index in [-0.39, 0.29) is 30.7 Å². The highest BCUT2D eigenvalue weighted by molar-refractivity contribution is 9.10. The first-order valence-corrected chi connectivity index (χ1v) is 7.61. The maximum atomic E-state index is 12.1. The molecule has 0 unspecified atom stereocenters. The fraction of sp³-hybridized carbons (Fsp3) is 0.250. The van der Waals surface area contributed by atoms with Gasteiger partial charge in [0.25, 0.3) is 5.91 Å². The predicted octanol–water partition coefficient (Wildman–Crippen LogP) is 3.95. The lowest BCUT2D eigenvalue weighted by Crippen LogP contribution is -2.48. The number of nitrogens with two attached hydrogens (primary N) is 1. The number of nitrogens with zero attached hydrogens (tertiary/aromatic N) is 1. The number of amides is 1. The van der Waals surface area contributed by atoms with E-state index in [2.05, 4.69) is 26.2 Å². The zero-order valence-electron chi connectivity index (χ0n) is 13.3. The fourth-order valence-corrected chi connectivity index (χ4v) is 2.03. The van der Waals surface area contributed by atoms with Crippen molar-refractivity contribution in [1.82, 2.24) is 10.3 Å². The minimum absolute atomic E-state index is 0. The summed E-state index contributed by atoms with van der Waals surface area (Å²) in [4.78, 5) is 16.2. The highest BCUT2D eigenvalue weighted by Gasteiger charge is 2.19. The highest BCUT2D eigenvalue weighted by atomic mass is 79.9. The second-order valence-corrected chi connectivity index (χ2v) is 6.40. The SMILES string of the molecule is CC(C)(CN)NC(=O)c1ccc(Oc2cccc(Br)c2)nc1.Cl.Cl. The van der Waals surface area contributed by atoms with Crippen LogP contribution in [0.4, 0.5) is 0 Å². The molecular weight excluding hydrogens is 417 g/mol. The standard InChI is InChI=1S/C16H18BrN3O2.2ClH/c1-16(2,10-18)20-15(21)11-6-7-14(19-9-11)22-13-5-3-4-12(17)8-13;;/h3-9H,10,18H2,1-2H3,(H,20,21);2*1H. The second-order valence-electron chi connectivity index (χ2n) is 5.49. The molecule has 3 N–H and O–H groups in total. The number of hydrogen-bond acceptors (Lipinski definition) is 4. The van der Waals surface area contributed by atoms with Crippen LogP contribution >= 0.6 is 40.7 Å². The summed E-state index contributed by atoms with van der Waals surface area (Å²) in [6, 6.07) is 10.8. The number of carbonyl (C=O) groups is 1. The Morgan fingerprint density at radius 3 is 2.54 bits per heavy atom. The number of pyridine rings is 1. The molecule has 0 spiro atoms. The molecule has 132 valence electrons. The van der Waals surface area contributed by atoms with Crippen molar-refractivity contribution in [1.29, 1.82) is 0 Å². The molecule has 0 fully saturated rings. The summed E-state index contributed by atoms with van der Waals surface area (Å²) in [6.45, 7) is 4.09. The molecule has 2 aromatic rings. The van der Waals surface area contributed by atoms with E-state index in [1.165, 1.54) is 6.20 Å². The molecule has 0 saturated carbocycles. The molecular formula is C16H20BrCl2N3O2. The van der Waals surface area contributed by atoms with Crippen LogP contribution in [0.1, 0.15) is 24.2 Å². The summed E-state index contributed by atoms with van der Waals surface area (Å²) in [5.41, 5.74) is 5.61. The van der Waals surface area contributed by atoms with Gasteiger partial charge in [0.15, 0.2) is 0 Å². The molecule has 0 saturated heterocycles. The molecule has 0 atom stereocenters. The van der Waals surface area contributed by atoms with E-state index in [0.717, 1.165) is 4.47 Å². The van der Waals surface area contributed by atoms with Gasteiger partial charge in [0.2, 0.25) is 5.88 Å². The third kappa shape index (κ3) is 6.65. The molecule has 8 heteroatoms. The Labute approximate surface area is 162 Å². The zero-order valence-corrected chi connectivity index (χ0v) is 16.5. The monoisotopic (exact) mass is 435 g/mol. The van der Waals surface area contributed by atoms with Gasteiger partial charge < -0.3 is 15.8 Å². The number of rotatable bonds is 5. The lowest BCUT2D eigenvalue weighted by molar-refractivity contribution is 0.0915. The smallest absolute Gasteiger partial charge is 0.253 e. The maximum absolute atomic E-state index is 12.1. The van der Waals surface area contributed by atoms with Crippen LogP contribution in [0, 0.1) is 0 Å². The van der Waals surface area contributed by atoms with Crippen LogP contribution in [0.3, 0.4) is 0 Å². The Morgan fingerprint density at radius 2 is 2.00 bits per heavy atom. The number of ether oxygens (including phenoxy) is 1. The molecule has 1 aromatic heterocycles. The zero-order chi connectivity index (χ0) is 16.2. The molecule has 0 aliphatic rings. The molecule has 0 radical (unpaired) electrons. The Hall–Kier alpha value is -1.34. The Kier molecular flexibility index (Phi) is 9.29. The van der Waals surface area contributed by atoms with E-state index in [1.54, 1.807) is 12.1 Å². The molecule has 0 aliphatic heterocycles. The lowest BCUT2D eigenvalue weighted by atomic mass is 10.1. The molecule has 0 aliphatic carbocycles. The van der Waals surface area contributed by atoms with Crippen LogP contribution in [-0.2, 0) is 0 Å². The third-order valence-corrected chi connectivity index (χ3v) is 3.47. The van der Waals surface area contributed by atoms with E-state index < -0.39 is 5.54 Å². The van der Waals surface area contributed by atoms with Crippen LogP contribution in [0.15, 0.2) is 47.1 Å².